The van der Waals surface area contributed by atoms with Crippen molar-refractivity contribution in [1.82, 2.24) is 4.98 Å². The predicted molar refractivity (Wildman–Crippen MR) is 101 cm³/mol. The molecule has 2 aromatic heterocycles. The quantitative estimate of drug-likeness (QED) is 0.473. The van der Waals surface area contributed by atoms with Gasteiger partial charge in [-0.1, -0.05) is 11.6 Å². The van der Waals surface area contributed by atoms with Crippen LogP contribution in [0.3, 0.4) is 0 Å². The molecule has 2 heterocycles. The Kier molecular flexibility index (Phi) is 4.66. The van der Waals surface area contributed by atoms with Crippen LogP contribution in [-0.2, 0) is 9.84 Å². The first-order valence-corrected chi connectivity index (χ1v) is 9.87. The van der Waals surface area contributed by atoms with Crippen molar-refractivity contribution in [3.8, 4) is 11.7 Å². The van der Waals surface area contributed by atoms with E-state index in [4.69, 9.17) is 20.4 Å². The number of oxazole rings is 1. The molecule has 9 heteroatoms. The Morgan fingerprint density at radius 3 is 2.36 bits per heavy atom. The van der Waals surface area contributed by atoms with Crippen molar-refractivity contribution >= 4 is 33.0 Å². The molecule has 0 amide bonds. The lowest BCUT2D eigenvalue weighted by Gasteiger charge is -2.06. The van der Waals surface area contributed by atoms with E-state index in [0.29, 0.717) is 10.7 Å². The van der Waals surface area contributed by atoms with Crippen LogP contribution in [0.2, 0.25) is 5.02 Å². The van der Waals surface area contributed by atoms with Crippen LogP contribution in [0.5, 0.6) is 0 Å². The van der Waals surface area contributed by atoms with Crippen LogP contribution in [0.25, 0.3) is 11.7 Å². The Labute approximate surface area is 164 Å². The molecule has 0 radical (unpaired) electrons. The van der Waals surface area contributed by atoms with Gasteiger partial charge in [-0.2, -0.15) is 4.98 Å². The van der Waals surface area contributed by atoms with Gasteiger partial charge in [0, 0.05) is 10.7 Å². The molecule has 1 N–H and O–H groups in total. The van der Waals surface area contributed by atoms with Crippen LogP contribution in [0.1, 0.15) is 0 Å². The Balaban J connectivity index is 1.82. The lowest BCUT2D eigenvalue weighted by Crippen LogP contribution is -2.05. The Morgan fingerprint density at radius 2 is 1.71 bits per heavy atom. The number of hydrogen-bond donors (Lipinski definition) is 1. The van der Waals surface area contributed by atoms with Crippen LogP contribution in [0, 0.1) is 5.82 Å². The molecule has 0 aliphatic rings. The summed E-state index contributed by atoms with van der Waals surface area (Å²) in [6.45, 7) is 0. The van der Waals surface area contributed by atoms with Crippen molar-refractivity contribution in [2.45, 2.75) is 9.92 Å². The highest BCUT2D eigenvalue weighted by molar-refractivity contribution is 7.91. The second kappa shape index (κ2) is 7.14. The monoisotopic (exact) mass is 418 g/mol. The van der Waals surface area contributed by atoms with E-state index >= 15 is 0 Å². The van der Waals surface area contributed by atoms with Gasteiger partial charge in [-0.25, -0.2) is 12.8 Å². The van der Waals surface area contributed by atoms with E-state index in [2.05, 4.69) is 10.3 Å². The van der Waals surface area contributed by atoms with E-state index in [9.17, 15) is 12.8 Å². The van der Waals surface area contributed by atoms with Gasteiger partial charge in [0.05, 0.1) is 11.2 Å². The molecule has 0 spiro atoms. The summed E-state index contributed by atoms with van der Waals surface area (Å²) in [4.78, 5) is 4.12. The standard InChI is InChI=1S/C19H12ClFN2O4S/c20-12-3-9-15(10-4-12)28(24,25)19-18(22-14-7-5-13(21)6-8-14)27-17(23-19)16-2-1-11-26-16/h1-11,22H. The Hall–Kier alpha value is -3.10. The number of nitrogens with zero attached hydrogens (tertiary/aromatic N) is 1. The number of anilines is 2. The largest absolute Gasteiger partial charge is 0.459 e. The molecular weight excluding hydrogens is 407 g/mol. The second-order valence-corrected chi connectivity index (χ2v) is 8.02. The van der Waals surface area contributed by atoms with Crippen molar-refractivity contribution in [1.29, 1.82) is 0 Å². The van der Waals surface area contributed by atoms with Crippen molar-refractivity contribution in [2.75, 3.05) is 5.32 Å². The van der Waals surface area contributed by atoms with Crippen LogP contribution in [0.4, 0.5) is 16.0 Å². The van der Waals surface area contributed by atoms with Gasteiger partial charge in [0.25, 0.3) is 5.89 Å². The third kappa shape index (κ3) is 3.51. The number of halogens is 2. The first-order chi connectivity index (χ1) is 13.4. The molecule has 28 heavy (non-hydrogen) atoms. The maximum atomic E-state index is 13.2. The number of nitrogens with one attached hydrogen (secondary N) is 1. The molecule has 0 unspecified atom stereocenters. The smallest absolute Gasteiger partial charge is 0.266 e. The van der Waals surface area contributed by atoms with Gasteiger partial charge in [-0.3, -0.25) is 0 Å². The molecular formula is C19H12ClFN2O4S. The molecule has 0 saturated carbocycles. The zero-order valence-electron chi connectivity index (χ0n) is 14.1. The third-order valence-corrected chi connectivity index (χ3v) is 5.74. The molecule has 0 saturated heterocycles. The number of benzene rings is 2. The molecule has 0 bridgehead atoms. The highest BCUT2D eigenvalue weighted by atomic mass is 35.5. The minimum absolute atomic E-state index is 0.00153. The van der Waals surface area contributed by atoms with Crippen molar-refractivity contribution < 1.29 is 21.6 Å². The molecule has 4 rings (SSSR count). The van der Waals surface area contributed by atoms with Gasteiger partial charge in [-0.15, -0.1) is 0 Å². The molecule has 0 aliphatic heterocycles. The van der Waals surface area contributed by atoms with E-state index < -0.39 is 15.7 Å². The summed E-state index contributed by atoms with van der Waals surface area (Å²) in [5.74, 6) is -0.289. The van der Waals surface area contributed by atoms with Crippen LogP contribution in [-0.4, -0.2) is 13.4 Å². The fourth-order valence-corrected chi connectivity index (χ4v) is 3.85. The summed E-state index contributed by atoms with van der Waals surface area (Å²) in [6, 6.07) is 14.3. The first kappa shape index (κ1) is 18.3. The highest BCUT2D eigenvalue weighted by Gasteiger charge is 2.29. The summed E-state index contributed by atoms with van der Waals surface area (Å²) in [5.41, 5.74) is 0.427. The number of rotatable bonds is 5. The minimum Gasteiger partial charge on any atom is -0.459 e. The van der Waals surface area contributed by atoms with E-state index in [-0.39, 0.29) is 27.5 Å². The molecule has 0 fully saturated rings. The van der Waals surface area contributed by atoms with Crippen LogP contribution in [0.15, 0.2) is 85.7 Å². The second-order valence-electron chi connectivity index (χ2n) is 5.72. The fourth-order valence-electron chi connectivity index (χ4n) is 2.46. The van der Waals surface area contributed by atoms with Crippen molar-refractivity contribution in [2.24, 2.45) is 0 Å². The molecule has 142 valence electrons. The zero-order valence-corrected chi connectivity index (χ0v) is 15.7. The number of sulfone groups is 1. The highest BCUT2D eigenvalue weighted by Crippen LogP contribution is 2.34. The maximum Gasteiger partial charge on any atom is 0.266 e. The predicted octanol–water partition coefficient (Wildman–Crippen LogP) is 5.30. The Morgan fingerprint density at radius 1 is 1.00 bits per heavy atom. The molecule has 0 atom stereocenters. The first-order valence-electron chi connectivity index (χ1n) is 8.01. The van der Waals surface area contributed by atoms with E-state index in [0.717, 1.165) is 0 Å². The molecule has 6 nitrogen and oxygen atoms in total. The van der Waals surface area contributed by atoms with Gasteiger partial charge in [-0.05, 0) is 60.7 Å². The third-order valence-electron chi connectivity index (χ3n) is 3.81. The fraction of sp³-hybridized carbons (Fsp3) is 0. The van der Waals surface area contributed by atoms with E-state index in [1.165, 1.54) is 54.8 Å². The lowest BCUT2D eigenvalue weighted by atomic mass is 10.3. The summed E-state index contributed by atoms with van der Waals surface area (Å²) in [5, 5.41) is 2.90. The average Bonchev–Trinajstić information content (AvgIpc) is 3.34. The van der Waals surface area contributed by atoms with Crippen molar-refractivity contribution in [3.63, 3.8) is 0 Å². The average molecular weight is 419 g/mol. The summed E-state index contributed by atoms with van der Waals surface area (Å²) in [7, 11) is -4.03. The zero-order chi connectivity index (χ0) is 19.7. The lowest BCUT2D eigenvalue weighted by molar-refractivity contribution is 0.524. The summed E-state index contributed by atoms with van der Waals surface area (Å²) >= 11 is 5.85. The number of hydrogen-bond acceptors (Lipinski definition) is 6. The van der Waals surface area contributed by atoms with Gasteiger partial charge in [0.15, 0.2) is 5.76 Å². The van der Waals surface area contributed by atoms with Gasteiger partial charge >= 0.3 is 0 Å². The van der Waals surface area contributed by atoms with Crippen molar-refractivity contribution in [3.05, 3.63) is 77.8 Å². The molecule has 4 aromatic rings. The molecule has 2 aromatic carbocycles. The molecule has 0 aliphatic carbocycles. The van der Waals surface area contributed by atoms with Crippen LogP contribution < -0.4 is 5.32 Å². The maximum absolute atomic E-state index is 13.2. The topological polar surface area (TPSA) is 85.3 Å². The Bertz CT molecular complexity index is 1200. The SMILES string of the molecule is O=S(=O)(c1ccc(Cl)cc1)c1nc(-c2ccco2)oc1Nc1ccc(F)cc1. The van der Waals surface area contributed by atoms with Gasteiger partial charge in [0.2, 0.25) is 20.7 Å². The summed E-state index contributed by atoms with van der Waals surface area (Å²) < 4.78 is 50.2. The minimum atomic E-state index is -4.03. The summed E-state index contributed by atoms with van der Waals surface area (Å²) in [6.07, 6.45) is 1.42. The van der Waals surface area contributed by atoms with E-state index in [1.807, 2.05) is 0 Å². The van der Waals surface area contributed by atoms with E-state index in [1.54, 1.807) is 12.1 Å². The van der Waals surface area contributed by atoms with Gasteiger partial charge in [0.1, 0.15) is 5.82 Å². The number of aromatic nitrogens is 1. The van der Waals surface area contributed by atoms with Gasteiger partial charge < -0.3 is 14.2 Å². The van der Waals surface area contributed by atoms with Crippen LogP contribution >= 0.6 is 11.6 Å². The number of furan rings is 1. The normalized spacial score (nSPS) is 11.5.